The molecule has 0 spiro atoms. The van der Waals surface area contributed by atoms with E-state index in [1.807, 2.05) is 0 Å². The summed E-state index contributed by atoms with van der Waals surface area (Å²) in [6, 6.07) is 0. The first kappa shape index (κ1) is 19.2. The molecule has 1 aliphatic rings. The summed E-state index contributed by atoms with van der Waals surface area (Å²) in [7, 11) is 0. The summed E-state index contributed by atoms with van der Waals surface area (Å²) < 4.78 is 3.97. The average molecular weight is 300 g/mol. The van der Waals surface area contributed by atoms with Crippen molar-refractivity contribution < 1.29 is 14.3 Å². The van der Waals surface area contributed by atoms with Gasteiger partial charge in [-0.15, -0.1) is 0 Å². The van der Waals surface area contributed by atoms with Crippen LogP contribution in [0.3, 0.4) is 0 Å². The highest BCUT2D eigenvalue weighted by Gasteiger charge is 2.10. The molecule has 0 saturated heterocycles. The van der Waals surface area contributed by atoms with Gasteiger partial charge in [0.2, 0.25) is 0 Å². The zero-order valence-corrected chi connectivity index (χ0v) is 13.7. The van der Waals surface area contributed by atoms with Crippen molar-refractivity contribution in [3.05, 3.63) is 12.2 Å². The molecular weight excluding hydrogens is 272 g/mol. The van der Waals surface area contributed by atoms with Gasteiger partial charge < -0.3 is 4.74 Å². The number of ether oxygens (including phenoxy) is 1. The average Bonchev–Trinajstić information content (AvgIpc) is 2.77. The Kier molecular flexibility index (Phi) is 12.7. The summed E-state index contributed by atoms with van der Waals surface area (Å²) in [4.78, 5) is 19.8. The molecule has 1 rings (SSSR count). The van der Waals surface area contributed by atoms with Gasteiger partial charge in [0, 0.05) is 12.2 Å². The van der Waals surface area contributed by atoms with E-state index in [4.69, 9.17) is 0 Å². The molecule has 0 N–H and O–H groups in total. The van der Waals surface area contributed by atoms with Gasteiger partial charge in [0.05, 0.1) is 0 Å². The summed E-state index contributed by atoms with van der Waals surface area (Å²) in [6.07, 6.45) is 14.8. The van der Waals surface area contributed by atoms with Gasteiger partial charge in [0.15, 0.2) is 0 Å². The number of cyclic esters (lactones) is 2. The number of hydrogen-bond donors (Lipinski definition) is 1. The van der Waals surface area contributed by atoms with Crippen LogP contribution in [0.4, 0.5) is 0 Å². The highest BCUT2D eigenvalue weighted by Crippen LogP contribution is 2.11. The van der Waals surface area contributed by atoms with Crippen LogP contribution in [0, 0.1) is 0 Å². The molecule has 1 atom stereocenters. The van der Waals surface area contributed by atoms with Crippen molar-refractivity contribution in [3.8, 4) is 0 Å². The smallest absolute Gasteiger partial charge is 0.338 e. The van der Waals surface area contributed by atoms with Crippen LogP contribution >= 0.6 is 12.6 Å². The second kappa shape index (κ2) is 13.2. The van der Waals surface area contributed by atoms with Crippen LogP contribution in [0.15, 0.2) is 12.2 Å². The van der Waals surface area contributed by atoms with Gasteiger partial charge in [0.25, 0.3) is 0 Å². The minimum atomic E-state index is -0.579. The van der Waals surface area contributed by atoms with Crippen molar-refractivity contribution in [2.75, 3.05) is 0 Å². The fourth-order valence-electron chi connectivity index (χ4n) is 1.88. The van der Waals surface area contributed by atoms with Gasteiger partial charge >= 0.3 is 11.9 Å². The van der Waals surface area contributed by atoms with Crippen molar-refractivity contribution in [1.82, 2.24) is 0 Å². The Hall–Kier alpha value is -0.770. The van der Waals surface area contributed by atoms with Crippen LogP contribution in [0.5, 0.6) is 0 Å². The molecule has 0 bridgehead atoms. The van der Waals surface area contributed by atoms with Gasteiger partial charge in [-0.2, -0.15) is 12.6 Å². The molecule has 1 heterocycles. The quantitative estimate of drug-likeness (QED) is 0.296. The molecular formula is C16H28O3S. The van der Waals surface area contributed by atoms with Crippen molar-refractivity contribution >= 4 is 24.6 Å². The lowest BCUT2D eigenvalue weighted by Crippen LogP contribution is -1.96. The molecule has 0 aromatic heterocycles. The number of thiol groups is 1. The van der Waals surface area contributed by atoms with Crippen LogP contribution < -0.4 is 0 Å². The molecule has 0 aromatic carbocycles. The summed E-state index contributed by atoms with van der Waals surface area (Å²) in [5.41, 5.74) is 0. The zero-order chi connectivity index (χ0) is 15.2. The van der Waals surface area contributed by atoms with Crippen LogP contribution in [-0.4, -0.2) is 17.2 Å². The second-order valence-electron chi connectivity index (χ2n) is 5.19. The Morgan fingerprint density at radius 1 is 0.950 bits per heavy atom. The monoisotopic (exact) mass is 300 g/mol. The van der Waals surface area contributed by atoms with Crippen LogP contribution in [0.1, 0.15) is 71.6 Å². The molecule has 4 heteroatoms. The Morgan fingerprint density at radius 3 is 1.75 bits per heavy atom. The molecule has 0 fully saturated rings. The van der Waals surface area contributed by atoms with E-state index in [1.165, 1.54) is 57.8 Å². The summed E-state index contributed by atoms with van der Waals surface area (Å²) in [5, 5.41) is 0.597. The predicted octanol–water partition coefficient (Wildman–Crippen LogP) is 4.46. The first-order valence-corrected chi connectivity index (χ1v) is 8.19. The van der Waals surface area contributed by atoms with E-state index in [9.17, 15) is 9.59 Å². The lowest BCUT2D eigenvalue weighted by atomic mass is 10.1. The Bertz CT molecular complexity index is 282. The van der Waals surface area contributed by atoms with Gasteiger partial charge in [-0.05, 0) is 11.7 Å². The number of hydrogen-bond acceptors (Lipinski definition) is 4. The van der Waals surface area contributed by atoms with E-state index in [0.29, 0.717) is 5.25 Å². The molecule has 116 valence electrons. The number of rotatable bonds is 9. The normalized spacial score (nSPS) is 14.8. The number of esters is 2. The van der Waals surface area contributed by atoms with Gasteiger partial charge in [0.1, 0.15) is 0 Å². The van der Waals surface area contributed by atoms with E-state index in [-0.39, 0.29) is 0 Å². The maximum absolute atomic E-state index is 9.92. The molecule has 0 saturated carbocycles. The predicted molar refractivity (Wildman–Crippen MR) is 85.9 cm³/mol. The highest BCUT2D eigenvalue weighted by atomic mass is 32.1. The lowest BCUT2D eigenvalue weighted by molar-refractivity contribution is -0.150. The fourth-order valence-corrected chi connectivity index (χ4v) is 2.06. The zero-order valence-electron chi connectivity index (χ0n) is 12.8. The Morgan fingerprint density at radius 2 is 1.40 bits per heavy atom. The topological polar surface area (TPSA) is 43.4 Å². The molecule has 0 amide bonds. The van der Waals surface area contributed by atoms with Crippen molar-refractivity contribution in [2.24, 2.45) is 0 Å². The number of unbranched alkanes of at least 4 members (excludes halogenated alkanes) is 7. The molecule has 20 heavy (non-hydrogen) atoms. The van der Waals surface area contributed by atoms with Crippen LogP contribution in [0.2, 0.25) is 0 Å². The SMILES string of the molecule is CCCCCCCCCCC(C)S.O=C1C=CC(=O)O1. The van der Waals surface area contributed by atoms with Gasteiger partial charge in [-0.25, -0.2) is 9.59 Å². The fraction of sp³-hybridized carbons (Fsp3) is 0.750. The van der Waals surface area contributed by atoms with E-state index < -0.39 is 11.9 Å². The summed E-state index contributed by atoms with van der Waals surface area (Å²) in [6.45, 7) is 4.46. The molecule has 0 aliphatic carbocycles. The maximum atomic E-state index is 9.92. The van der Waals surface area contributed by atoms with Crippen molar-refractivity contribution in [2.45, 2.75) is 76.9 Å². The minimum absolute atomic E-state index is 0.579. The molecule has 0 aromatic rings. The second-order valence-corrected chi connectivity index (χ2v) is 6.07. The third-order valence-corrected chi connectivity index (χ3v) is 3.29. The highest BCUT2D eigenvalue weighted by molar-refractivity contribution is 7.80. The number of carbonyl (C=O) groups excluding carboxylic acids is 2. The van der Waals surface area contributed by atoms with E-state index in [1.54, 1.807) is 0 Å². The minimum Gasteiger partial charge on any atom is -0.387 e. The third-order valence-electron chi connectivity index (χ3n) is 3.03. The summed E-state index contributed by atoms with van der Waals surface area (Å²) in [5.74, 6) is -1.16. The third kappa shape index (κ3) is 13.7. The largest absolute Gasteiger partial charge is 0.387 e. The van der Waals surface area contributed by atoms with Crippen molar-refractivity contribution in [1.29, 1.82) is 0 Å². The van der Waals surface area contributed by atoms with Gasteiger partial charge in [-0.1, -0.05) is 65.2 Å². The maximum Gasteiger partial charge on any atom is 0.338 e. The lowest BCUT2D eigenvalue weighted by Gasteiger charge is -2.03. The number of carbonyl (C=O) groups is 2. The molecule has 3 nitrogen and oxygen atoms in total. The summed E-state index contributed by atoms with van der Waals surface area (Å²) >= 11 is 4.37. The van der Waals surface area contributed by atoms with E-state index in [2.05, 4.69) is 31.2 Å². The standard InChI is InChI=1S/C12H26S.C4H2O3/c1-3-4-5-6-7-8-9-10-11-12(2)13;5-3-1-2-4(6)7-3/h12-13H,3-11H2,1-2H3;1-2H. The van der Waals surface area contributed by atoms with Gasteiger partial charge in [-0.3, -0.25) is 0 Å². The molecule has 0 radical (unpaired) electrons. The molecule has 1 aliphatic heterocycles. The Balaban J connectivity index is 0.000000428. The van der Waals surface area contributed by atoms with E-state index in [0.717, 1.165) is 12.2 Å². The molecule has 1 unspecified atom stereocenters. The first-order chi connectivity index (χ1) is 9.56. The van der Waals surface area contributed by atoms with E-state index >= 15 is 0 Å². The van der Waals surface area contributed by atoms with Crippen molar-refractivity contribution in [3.63, 3.8) is 0 Å². The first-order valence-electron chi connectivity index (χ1n) is 7.68. The Labute approximate surface area is 128 Å². The van der Waals surface area contributed by atoms with Crippen LogP contribution in [-0.2, 0) is 14.3 Å². The van der Waals surface area contributed by atoms with Crippen LogP contribution in [0.25, 0.3) is 0 Å².